The predicted molar refractivity (Wildman–Crippen MR) is 155 cm³/mol. The van der Waals surface area contributed by atoms with Crippen molar-refractivity contribution in [2.45, 2.75) is 26.4 Å². The monoisotopic (exact) mass is 564 g/mol. The minimum atomic E-state index is -0.749. The van der Waals surface area contributed by atoms with E-state index in [1.807, 2.05) is 54.1 Å². The van der Waals surface area contributed by atoms with Gasteiger partial charge in [0.25, 0.3) is 5.69 Å². The minimum absolute atomic E-state index is 0.0571. The number of nitrogens with zero attached hydrogens (tertiary/aromatic N) is 6. The lowest BCUT2D eigenvalue weighted by Crippen LogP contribution is -2.08. The maximum Gasteiger partial charge on any atom is 0.277 e. The number of fused-ring (bicyclic) bond motifs is 1. The van der Waals surface area contributed by atoms with Crippen LogP contribution in [0.15, 0.2) is 85.2 Å². The maximum atomic E-state index is 15.0. The zero-order chi connectivity index (χ0) is 29.4. The number of hydrogen-bond donors (Lipinski definition) is 2. The van der Waals surface area contributed by atoms with E-state index in [2.05, 4.69) is 15.3 Å². The van der Waals surface area contributed by atoms with Gasteiger partial charge in [-0.25, -0.2) is 14.1 Å². The molecule has 0 aliphatic rings. The molecule has 6 rings (SSSR count). The Labute approximate surface area is 239 Å². The van der Waals surface area contributed by atoms with Crippen LogP contribution >= 0.6 is 0 Å². The number of aromatic hydroxyl groups is 2. The van der Waals surface area contributed by atoms with Gasteiger partial charge in [-0.2, -0.15) is 0 Å². The number of benzene rings is 3. The van der Waals surface area contributed by atoms with Crippen LogP contribution in [0.3, 0.4) is 0 Å². The number of phenols is 2. The zero-order valence-corrected chi connectivity index (χ0v) is 22.5. The lowest BCUT2D eigenvalue weighted by molar-refractivity contribution is -0.385. The van der Waals surface area contributed by atoms with Gasteiger partial charge in [0.2, 0.25) is 0 Å². The van der Waals surface area contributed by atoms with Crippen LogP contribution in [0.2, 0.25) is 0 Å². The molecule has 3 aromatic carbocycles. The molecule has 3 heterocycles. The molecule has 0 amide bonds. The van der Waals surface area contributed by atoms with Gasteiger partial charge in [0.05, 0.1) is 22.7 Å². The van der Waals surface area contributed by atoms with Crippen LogP contribution in [0.1, 0.15) is 23.6 Å². The molecule has 3 aromatic heterocycles. The number of hydrogen-bond acceptors (Lipinski definition) is 7. The normalized spacial score (nSPS) is 11.3. The second-order valence-corrected chi connectivity index (χ2v) is 9.82. The molecule has 10 nitrogen and oxygen atoms in total. The Morgan fingerprint density at radius 1 is 0.952 bits per heavy atom. The summed E-state index contributed by atoms with van der Waals surface area (Å²) < 4.78 is 18.4. The highest BCUT2D eigenvalue weighted by Crippen LogP contribution is 2.41. The van der Waals surface area contributed by atoms with E-state index in [9.17, 15) is 20.3 Å². The molecular formula is C31H25FN6O4. The number of aryl methyl sites for hydroxylation is 1. The number of nitro groups is 1. The average molecular weight is 565 g/mol. The molecule has 0 aliphatic heterocycles. The van der Waals surface area contributed by atoms with Gasteiger partial charge >= 0.3 is 0 Å². The van der Waals surface area contributed by atoms with Crippen LogP contribution in [0, 0.1) is 15.9 Å². The third kappa shape index (κ3) is 4.70. The first-order valence-corrected chi connectivity index (χ1v) is 13.2. The van der Waals surface area contributed by atoms with E-state index in [1.54, 1.807) is 18.3 Å². The van der Waals surface area contributed by atoms with Gasteiger partial charge in [0.1, 0.15) is 28.7 Å². The molecule has 0 saturated carbocycles. The first-order chi connectivity index (χ1) is 20.4. The smallest absolute Gasteiger partial charge is 0.277 e. The highest BCUT2D eigenvalue weighted by molar-refractivity contribution is 5.97. The second-order valence-electron chi connectivity index (χ2n) is 9.82. The summed E-state index contributed by atoms with van der Waals surface area (Å²) in [7, 11) is 0. The Morgan fingerprint density at radius 2 is 1.76 bits per heavy atom. The molecular weight excluding hydrogens is 539 g/mol. The van der Waals surface area contributed by atoms with Crippen molar-refractivity contribution in [3.05, 3.63) is 118 Å². The first kappa shape index (κ1) is 26.6. The molecule has 0 fully saturated rings. The molecule has 0 aliphatic carbocycles. The summed E-state index contributed by atoms with van der Waals surface area (Å²) in [6, 6.07) is 20.1. The highest BCUT2D eigenvalue weighted by Gasteiger charge is 2.27. The highest BCUT2D eigenvalue weighted by atomic mass is 19.1. The largest absolute Gasteiger partial charge is 0.508 e. The molecule has 0 unspecified atom stereocenters. The number of rotatable bonds is 8. The summed E-state index contributed by atoms with van der Waals surface area (Å²) in [5.41, 5.74) is 3.38. The molecule has 210 valence electrons. The first-order valence-electron chi connectivity index (χ1n) is 13.2. The minimum Gasteiger partial charge on any atom is -0.508 e. The van der Waals surface area contributed by atoms with E-state index in [4.69, 9.17) is 0 Å². The van der Waals surface area contributed by atoms with Crippen molar-refractivity contribution in [3.63, 3.8) is 0 Å². The number of pyridine rings is 1. The SMILES string of the molecule is CCc1cc(-c2nnn(Cc3c(F)cccc3[N+](=O)[O-])c2-c2cn(Cc3ccccc3)c3ncccc23)c(O)cc1O. The molecule has 42 heavy (non-hydrogen) atoms. The van der Waals surface area contributed by atoms with E-state index < -0.39 is 10.7 Å². The van der Waals surface area contributed by atoms with Gasteiger partial charge < -0.3 is 14.8 Å². The van der Waals surface area contributed by atoms with E-state index in [1.165, 1.54) is 22.9 Å². The molecule has 0 spiro atoms. The Hall–Kier alpha value is -5.58. The van der Waals surface area contributed by atoms with Crippen molar-refractivity contribution in [3.8, 4) is 34.0 Å². The van der Waals surface area contributed by atoms with Crippen LogP contribution in [-0.2, 0) is 19.5 Å². The fourth-order valence-electron chi connectivity index (χ4n) is 5.20. The van der Waals surface area contributed by atoms with Crippen molar-refractivity contribution < 1.29 is 19.5 Å². The Bertz CT molecular complexity index is 1950. The summed E-state index contributed by atoms with van der Waals surface area (Å²) >= 11 is 0. The van der Waals surface area contributed by atoms with Crippen molar-refractivity contribution in [1.82, 2.24) is 24.5 Å². The summed E-state index contributed by atoms with van der Waals surface area (Å²) in [4.78, 5) is 15.7. The molecule has 0 bridgehead atoms. The number of halogens is 1. The predicted octanol–water partition coefficient (Wildman–Crippen LogP) is 6.08. The van der Waals surface area contributed by atoms with Crippen LogP contribution in [-0.4, -0.2) is 39.7 Å². The average Bonchev–Trinajstić information content (AvgIpc) is 3.55. The van der Waals surface area contributed by atoms with E-state index in [-0.39, 0.29) is 35.0 Å². The Kier molecular flexibility index (Phi) is 6.83. The third-order valence-electron chi connectivity index (χ3n) is 7.25. The zero-order valence-electron chi connectivity index (χ0n) is 22.5. The van der Waals surface area contributed by atoms with Crippen LogP contribution in [0.25, 0.3) is 33.5 Å². The standard InChI is InChI=1S/C31H25FN6O4/c1-2-20-14-22(28(40)15-27(20)39)29-30(37(35-34-29)18-24-25(32)11-6-12-26(24)38(41)42)23-17-36(16-19-8-4-3-5-9-19)31-21(23)10-7-13-33-31/h3-15,17,39-40H,2,16,18H2,1H3. The third-order valence-corrected chi connectivity index (χ3v) is 7.25. The van der Waals surface area contributed by atoms with Crippen LogP contribution in [0.5, 0.6) is 11.5 Å². The van der Waals surface area contributed by atoms with Crippen molar-refractivity contribution in [2.75, 3.05) is 0 Å². The van der Waals surface area contributed by atoms with Gasteiger partial charge in [0.15, 0.2) is 0 Å². The summed E-state index contributed by atoms with van der Waals surface area (Å²) in [6.07, 6.45) is 4.06. The van der Waals surface area contributed by atoms with E-state index in [0.29, 0.717) is 41.0 Å². The summed E-state index contributed by atoms with van der Waals surface area (Å²) in [5.74, 6) is -1.03. The molecule has 11 heteroatoms. The molecule has 2 N–H and O–H groups in total. The summed E-state index contributed by atoms with van der Waals surface area (Å²) in [6.45, 7) is 2.08. The van der Waals surface area contributed by atoms with Crippen molar-refractivity contribution >= 4 is 16.7 Å². The molecule has 6 aromatic rings. The van der Waals surface area contributed by atoms with E-state index >= 15 is 4.39 Å². The van der Waals surface area contributed by atoms with Crippen molar-refractivity contribution in [1.29, 1.82) is 0 Å². The second kappa shape index (κ2) is 10.8. The molecule has 0 radical (unpaired) electrons. The molecule has 0 atom stereocenters. The quantitative estimate of drug-likeness (QED) is 0.169. The Balaban J connectivity index is 1.61. The van der Waals surface area contributed by atoms with Gasteiger partial charge in [-0.15, -0.1) is 5.10 Å². The van der Waals surface area contributed by atoms with Gasteiger partial charge in [-0.3, -0.25) is 10.1 Å². The van der Waals surface area contributed by atoms with Gasteiger partial charge in [-0.05, 0) is 41.8 Å². The number of aromatic nitrogens is 5. The van der Waals surface area contributed by atoms with Crippen LogP contribution < -0.4 is 0 Å². The van der Waals surface area contributed by atoms with E-state index in [0.717, 1.165) is 17.0 Å². The number of phenolic OH excluding ortho intramolecular Hbond substituents is 2. The summed E-state index contributed by atoms with van der Waals surface area (Å²) in [5, 5.41) is 42.4. The Morgan fingerprint density at radius 3 is 2.52 bits per heavy atom. The van der Waals surface area contributed by atoms with Gasteiger partial charge in [-0.1, -0.05) is 48.5 Å². The lowest BCUT2D eigenvalue weighted by Gasteiger charge is -2.11. The maximum absolute atomic E-state index is 15.0. The van der Waals surface area contributed by atoms with Crippen molar-refractivity contribution in [2.24, 2.45) is 0 Å². The fraction of sp³-hybridized carbons (Fsp3) is 0.129. The lowest BCUT2D eigenvalue weighted by atomic mass is 10.00. The van der Waals surface area contributed by atoms with Crippen LogP contribution in [0.4, 0.5) is 10.1 Å². The topological polar surface area (TPSA) is 132 Å². The molecule has 0 saturated heterocycles. The van der Waals surface area contributed by atoms with Gasteiger partial charge in [0, 0.05) is 47.6 Å². The number of nitro benzene ring substituents is 1. The fourth-order valence-corrected chi connectivity index (χ4v) is 5.20.